The van der Waals surface area contributed by atoms with Crippen LogP contribution in [0.1, 0.15) is 18.6 Å². The van der Waals surface area contributed by atoms with E-state index in [1.54, 1.807) is 18.2 Å². The molecule has 1 saturated heterocycles. The fourth-order valence-electron chi connectivity index (χ4n) is 2.44. The summed E-state index contributed by atoms with van der Waals surface area (Å²) < 4.78 is 18.7. The summed E-state index contributed by atoms with van der Waals surface area (Å²) in [7, 11) is 0. The van der Waals surface area contributed by atoms with E-state index in [2.05, 4.69) is 4.90 Å². The Morgan fingerprint density at radius 1 is 1.28 bits per heavy atom. The van der Waals surface area contributed by atoms with Crippen LogP contribution in [0.4, 0.5) is 4.39 Å². The normalized spacial score (nSPS) is 18.5. The first-order valence-electron chi connectivity index (χ1n) is 6.28. The van der Waals surface area contributed by atoms with Gasteiger partial charge in [-0.3, -0.25) is 4.90 Å². The summed E-state index contributed by atoms with van der Waals surface area (Å²) >= 11 is 0. The van der Waals surface area contributed by atoms with Gasteiger partial charge in [0.05, 0.1) is 6.54 Å². The van der Waals surface area contributed by atoms with Crippen molar-refractivity contribution in [1.29, 1.82) is 0 Å². The van der Waals surface area contributed by atoms with Gasteiger partial charge in [0, 0.05) is 18.5 Å². The highest BCUT2D eigenvalue weighted by Gasteiger charge is 2.19. The highest BCUT2D eigenvalue weighted by atomic mass is 19.1. The average Bonchev–Trinajstić information content (AvgIpc) is 2.73. The smallest absolute Gasteiger partial charge is 0.134 e. The van der Waals surface area contributed by atoms with Gasteiger partial charge in [-0.15, -0.1) is 0 Å². The first-order valence-corrected chi connectivity index (χ1v) is 6.28. The first kappa shape index (κ1) is 11.5. The van der Waals surface area contributed by atoms with Gasteiger partial charge in [-0.1, -0.05) is 0 Å². The summed E-state index contributed by atoms with van der Waals surface area (Å²) in [6, 6.07) is 7.01. The maximum Gasteiger partial charge on any atom is 0.134 e. The molecule has 96 valence electrons. The van der Waals surface area contributed by atoms with Gasteiger partial charge in [0.1, 0.15) is 23.3 Å². The molecule has 1 aromatic heterocycles. The number of phenols is 1. The minimum Gasteiger partial charge on any atom is -0.508 e. The summed E-state index contributed by atoms with van der Waals surface area (Å²) in [4.78, 5) is 2.20. The molecule has 18 heavy (non-hydrogen) atoms. The third kappa shape index (κ3) is 2.34. The summed E-state index contributed by atoms with van der Waals surface area (Å²) in [5, 5.41) is 10.3. The lowest BCUT2D eigenvalue weighted by Gasteiger charge is -2.27. The number of fused-ring (bicyclic) bond motifs is 1. The van der Waals surface area contributed by atoms with E-state index in [4.69, 9.17) is 4.42 Å². The molecule has 1 aliphatic heterocycles. The molecule has 1 N–H and O–H groups in total. The molecular formula is C14H16FNO2. The molecule has 0 atom stereocenters. The van der Waals surface area contributed by atoms with Gasteiger partial charge >= 0.3 is 0 Å². The third-order valence-electron chi connectivity index (χ3n) is 3.45. The van der Waals surface area contributed by atoms with Gasteiger partial charge in [0.2, 0.25) is 0 Å². The Bertz CT molecular complexity index is 544. The van der Waals surface area contributed by atoms with Crippen LogP contribution in [0.25, 0.3) is 11.0 Å². The fraction of sp³-hybridized carbons (Fsp3) is 0.429. The van der Waals surface area contributed by atoms with Crippen LogP contribution in [-0.4, -0.2) is 29.3 Å². The second kappa shape index (κ2) is 4.61. The number of likely N-dealkylation sites (tertiary alicyclic amines) is 1. The van der Waals surface area contributed by atoms with Crippen molar-refractivity contribution in [2.45, 2.75) is 25.6 Å². The highest BCUT2D eigenvalue weighted by molar-refractivity contribution is 5.79. The molecule has 0 spiro atoms. The molecule has 1 fully saturated rings. The first-order chi connectivity index (χ1) is 8.70. The lowest BCUT2D eigenvalue weighted by Crippen LogP contribution is -2.33. The number of benzene rings is 1. The lowest BCUT2D eigenvalue weighted by atomic mass is 10.1. The fourth-order valence-corrected chi connectivity index (χ4v) is 2.44. The molecule has 0 bridgehead atoms. The molecule has 0 aliphatic carbocycles. The van der Waals surface area contributed by atoms with E-state index >= 15 is 0 Å². The molecule has 0 amide bonds. The Balaban J connectivity index is 1.74. The number of halogens is 1. The molecular weight excluding hydrogens is 233 g/mol. The number of phenolic OH excluding ortho intramolecular Hbond substituents is 1. The van der Waals surface area contributed by atoms with Gasteiger partial charge < -0.3 is 9.52 Å². The molecule has 3 rings (SSSR count). The zero-order valence-electron chi connectivity index (χ0n) is 10.1. The molecule has 1 aliphatic rings. The molecule has 0 radical (unpaired) electrons. The van der Waals surface area contributed by atoms with Crippen LogP contribution in [0.2, 0.25) is 0 Å². The quantitative estimate of drug-likeness (QED) is 0.888. The molecule has 2 aromatic rings. The maximum atomic E-state index is 13.0. The summed E-state index contributed by atoms with van der Waals surface area (Å²) in [6.45, 7) is 2.27. The molecule has 2 heterocycles. The SMILES string of the molecule is Oc1ccc2oc(CN3CCC(F)CC3)cc2c1. The predicted octanol–water partition coefficient (Wildman–Crippen LogP) is 3.07. The van der Waals surface area contributed by atoms with Crippen LogP contribution >= 0.6 is 0 Å². The highest BCUT2D eigenvalue weighted by Crippen LogP contribution is 2.25. The Hall–Kier alpha value is -1.55. The van der Waals surface area contributed by atoms with E-state index in [-0.39, 0.29) is 5.75 Å². The van der Waals surface area contributed by atoms with E-state index < -0.39 is 6.17 Å². The van der Waals surface area contributed by atoms with Crippen LogP contribution in [0.5, 0.6) is 5.75 Å². The molecule has 1 aromatic carbocycles. The van der Waals surface area contributed by atoms with Crippen molar-refractivity contribution in [1.82, 2.24) is 4.90 Å². The van der Waals surface area contributed by atoms with Gasteiger partial charge in [-0.2, -0.15) is 0 Å². The van der Waals surface area contributed by atoms with Crippen LogP contribution in [0.15, 0.2) is 28.7 Å². The minimum atomic E-state index is -0.645. The average molecular weight is 249 g/mol. The van der Waals surface area contributed by atoms with Crippen molar-refractivity contribution >= 4 is 11.0 Å². The monoisotopic (exact) mass is 249 g/mol. The van der Waals surface area contributed by atoms with Crippen LogP contribution in [-0.2, 0) is 6.54 Å². The van der Waals surface area contributed by atoms with Crippen LogP contribution in [0.3, 0.4) is 0 Å². The summed E-state index contributed by atoms with van der Waals surface area (Å²) in [6.07, 6.45) is 0.580. The summed E-state index contributed by atoms with van der Waals surface area (Å²) in [5.41, 5.74) is 0.781. The van der Waals surface area contributed by atoms with Gasteiger partial charge in [-0.25, -0.2) is 4.39 Å². The zero-order chi connectivity index (χ0) is 12.5. The van der Waals surface area contributed by atoms with E-state index in [1.807, 2.05) is 6.07 Å². The number of aromatic hydroxyl groups is 1. The number of hydrogen-bond acceptors (Lipinski definition) is 3. The number of hydrogen-bond donors (Lipinski definition) is 1. The third-order valence-corrected chi connectivity index (χ3v) is 3.45. The van der Waals surface area contributed by atoms with Gasteiger partial charge in [0.15, 0.2) is 0 Å². The standard InChI is InChI=1S/C14H16FNO2/c15-11-3-5-16(6-4-11)9-13-8-10-7-12(17)1-2-14(10)18-13/h1-2,7-8,11,17H,3-6,9H2. The van der Waals surface area contributed by atoms with Crippen molar-refractivity contribution in [3.8, 4) is 5.75 Å². The van der Waals surface area contributed by atoms with E-state index in [0.29, 0.717) is 19.4 Å². The second-order valence-electron chi connectivity index (χ2n) is 4.89. The molecule has 4 heteroatoms. The maximum absolute atomic E-state index is 13.0. The predicted molar refractivity (Wildman–Crippen MR) is 67.3 cm³/mol. The number of alkyl halides is 1. The molecule has 0 saturated carbocycles. The Kier molecular flexibility index (Phi) is 2.96. The Morgan fingerprint density at radius 2 is 2.06 bits per heavy atom. The second-order valence-corrected chi connectivity index (χ2v) is 4.89. The number of rotatable bonds is 2. The van der Waals surface area contributed by atoms with Crippen molar-refractivity contribution < 1.29 is 13.9 Å². The lowest BCUT2D eigenvalue weighted by molar-refractivity contribution is 0.138. The van der Waals surface area contributed by atoms with E-state index in [1.165, 1.54) is 0 Å². The summed E-state index contributed by atoms with van der Waals surface area (Å²) in [5.74, 6) is 1.11. The van der Waals surface area contributed by atoms with E-state index in [9.17, 15) is 9.50 Å². The molecule has 3 nitrogen and oxygen atoms in total. The van der Waals surface area contributed by atoms with Gasteiger partial charge in [-0.05, 0) is 37.1 Å². The van der Waals surface area contributed by atoms with Crippen LogP contribution in [0, 0.1) is 0 Å². The van der Waals surface area contributed by atoms with Gasteiger partial charge in [0.25, 0.3) is 0 Å². The minimum absolute atomic E-state index is 0.244. The number of nitrogens with zero attached hydrogens (tertiary/aromatic N) is 1. The van der Waals surface area contributed by atoms with Crippen molar-refractivity contribution in [3.05, 3.63) is 30.0 Å². The molecule has 0 unspecified atom stereocenters. The van der Waals surface area contributed by atoms with Crippen molar-refractivity contribution in [2.24, 2.45) is 0 Å². The number of furan rings is 1. The Labute approximate surface area is 105 Å². The topological polar surface area (TPSA) is 36.6 Å². The Morgan fingerprint density at radius 3 is 2.83 bits per heavy atom. The zero-order valence-corrected chi connectivity index (χ0v) is 10.1. The van der Waals surface area contributed by atoms with Crippen molar-refractivity contribution in [2.75, 3.05) is 13.1 Å². The van der Waals surface area contributed by atoms with Crippen molar-refractivity contribution in [3.63, 3.8) is 0 Å². The van der Waals surface area contributed by atoms with Crippen LogP contribution < -0.4 is 0 Å². The largest absolute Gasteiger partial charge is 0.508 e. The number of piperidine rings is 1. The van der Waals surface area contributed by atoms with E-state index in [0.717, 1.165) is 29.8 Å².